The summed E-state index contributed by atoms with van der Waals surface area (Å²) in [5.41, 5.74) is 5.13. The molecule has 2 nitrogen and oxygen atoms in total. The van der Waals surface area contributed by atoms with Crippen LogP contribution in [0.1, 0.15) is 27.7 Å². The summed E-state index contributed by atoms with van der Waals surface area (Å²) in [5.74, 6) is 0. The molecule has 0 amide bonds. The average molecular weight is 525 g/mol. The van der Waals surface area contributed by atoms with Gasteiger partial charge in [-0.05, 0) is 0 Å². The molecular weight excluding hydrogens is 494 g/mol. The zero-order valence-electron chi connectivity index (χ0n) is 17.0. The summed E-state index contributed by atoms with van der Waals surface area (Å²) in [4.78, 5) is 2.25. The van der Waals surface area contributed by atoms with Crippen LogP contribution < -0.4 is 8.16 Å². The van der Waals surface area contributed by atoms with Gasteiger partial charge in [0, 0.05) is 0 Å². The molecule has 1 unspecified atom stereocenters. The Morgan fingerprint density at radius 3 is 2.19 bits per heavy atom. The fourth-order valence-electron chi connectivity index (χ4n) is 4.61. The first-order valence-corrected chi connectivity index (χ1v) is 22.6. The van der Waals surface area contributed by atoms with Crippen LogP contribution in [-0.4, -0.2) is 17.9 Å². The molecule has 1 aliphatic carbocycles. The minimum atomic E-state index is -3.28. The number of benzene rings is 1. The van der Waals surface area contributed by atoms with Gasteiger partial charge in [0.1, 0.15) is 0 Å². The van der Waals surface area contributed by atoms with E-state index >= 15 is 0 Å². The van der Waals surface area contributed by atoms with E-state index in [0.717, 1.165) is 5.69 Å². The number of anilines is 1. The fraction of sp³-hybridized carbons (Fsp3) is 0.400. The molecule has 1 heterocycles. The first kappa shape index (κ1) is 25.2. The SMILES string of the molecule is CC1=[C]([Zr]([CH3])([CH3])(=[SiH2])[NH]C(C)(C)C)C2=CC(Cl)N(c3ccccc3)C2=C1.Cl.Cl. The van der Waals surface area contributed by atoms with Crippen molar-refractivity contribution in [1.82, 2.24) is 3.26 Å². The van der Waals surface area contributed by atoms with Crippen LogP contribution in [0.25, 0.3) is 0 Å². The van der Waals surface area contributed by atoms with Gasteiger partial charge in [0.15, 0.2) is 0 Å². The first-order chi connectivity index (χ1) is 11.4. The molecule has 150 valence electrons. The van der Waals surface area contributed by atoms with Crippen molar-refractivity contribution in [2.45, 2.75) is 48.0 Å². The smallest absolute Gasteiger partial charge is 0.147 e. The standard InChI is InChI=1S/C14H11ClN.C4H10N.2CH3.2ClH.H2Si.Zr/c1-10-7-11-9-14(15)16(13(11)8-10)12-5-3-2-4-6-12;1-4(2,3)5;;;;;;/h2-6,8-9,14H,1H3;5H,1-3H3;2*1H3;2*1H;1H2;/q;-1;;;;;;+1. The van der Waals surface area contributed by atoms with Crippen molar-refractivity contribution >= 4 is 49.0 Å². The number of nitrogens with zero attached hydrogens (tertiary/aromatic N) is 1. The minimum Gasteiger partial charge on any atom is -0.147 e. The van der Waals surface area contributed by atoms with Crippen LogP contribution in [0.4, 0.5) is 5.69 Å². The Labute approximate surface area is 184 Å². The maximum absolute atomic E-state index is 6.75. The molecule has 0 spiro atoms. The molecule has 0 bridgehead atoms. The predicted octanol–water partition coefficient (Wildman–Crippen LogP) is 5.65. The Balaban J connectivity index is 0.00000182. The van der Waals surface area contributed by atoms with Crippen molar-refractivity contribution in [3.8, 4) is 0 Å². The van der Waals surface area contributed by atoms with E-state index in [-0.39, 0.29) is 35.9 Å². The quantitative estimate of drug-likeness (QED) is 0.312. The van der Waals surface area contributed by atoms with Gasteiger partial charge in [-0.15, -0.1) is 24.8 Å². The molecule has 0 radical (unpaired) electrons. The summed E-state index contributed by atoms with van der Waals surface area (Å²) in [6.45, 7) is 11.3. The van der Waals surface area contributed by atoms with Gasteiger partial charge in [-0.1, -0.05) is 0 Å². The molecule has 2 aliphatic rings. The maximum atomic E-state index is 6.75. The number of nitrogens with one attached hydrogen (secondary N) is 1. The fourth-order valence-corrected chi connectivity index (χ4v) is 23.0. The molecule has 0 saturated carbocycles. The monoisotopic (exact) mass is 522 g/mol. The van der Waals surface area contributed by atoms with Crippen molar-refractivity contribution < 1.29 is 17.7 Å². The average Bonchev–Trinajstić information content (AvgIpc) is 2.88. The molecule has 1 atom stereocenters. The van der Waals surface area contributed by atoms with Crippen LogP contribution in [0.5, 0.6) is 0 Å². The Bertz CT molecular complexity index is 876. The zero-order valence-corrected chi connectivity index (χ0v) is 23.2. The summed E-state index contributed by atoms with van der Waals surface area (Å²) in [5, 5.41) is 0. The molecule has 1 aliphatic heterocycles. The van der Waals surface area contributed by atoms with E-state index in [4.69, 9.17) is 11.6 Å². The summed E-state index contributed by atoms with van der Waals surface area (Å²) in [6, 6.07) is 10.4. The molecule has 0 fully saturated rings. The van der Waals surface area contributed by atoms with Gasteiger partial charge in [-0.3, -0.25) is 0 Å². The second kappa shape index (κ2) is 8.13. The summed E-state index contributed by atoms with van der Waals surface area (Å²) < 4.78 is 10.6. The predicted molar refractivity (Wildman–Crippen MR) is 125 cm³/mol. The van der Waals surface area contributed by atoms with E-state index in [2.05, 4.69) is 88.4 Å². The van der Waals surface area contributed by atoms with Gasteiger partial charge >= 0.3 is 161 Å². The molecule has 7 heteroatoms. The molecule has 27 heavy (non-hydrogen) atoms. The molecule has 0 aromatic heterocycles. The summed E-state index contributed by atoms with van der Waals surface area (Å²) >= 11 is 3.47. The topological polar surface area (TPSA) is 15.3 Å². The first-order valence-electron chi connectivity index (χ1n) is 8.89. The maximum Gasteiger partial charge on any atom is -0.147 e. The Hall–Kier alpha value is 0.170. The molecule has 3 rings (SSSR count). The van der Waals surface area contributed by atoms with Crippen molar-refractivity contribution in [1.29, 1.82) is 0 Å². The summed E-state index contributed by atoms with van der Waals surface area (Å²) in [7, 11) is 0. The van der Waals surface area contributed by atoms with Crippen LogP contribution in [0, 0.1) is 0 Å². The minimum absolute atomic E-state index is 0. The van der Waals surface area contributed by atoms with Gasteiger partial charge in [0.05, 0.1) is 0 Å². The number of alkyl halides is 1. The van der Waals surface area contributed by atoms with Crippen molar-refractivity contribution in [2.24, 2.45) is 0 Å². The molecule has 1 N–H and O–H groups in total. The molecule has 1 aromatic carbocycles. The van der Waals surface area contributed by atoms with Crippen LogP contribution in [0.15, 0.2) is 62.6 Å². The number of para-hydroxylation sites is 1. The third kappa shape index (κ3) is 5.02. The number of rotatable bonds is 3. The number of allylic oxidation sites excluding steroid dienone is 3. The number of hydrogen-bond acceptors (Lipinski definition) is 2. The summed E-state index contributed by atoms with van der Waals surface area (Å²) in [6.07, 6.45) is 4.57. The van der Waals surface area contributed by atoms with Gasteiger partial charge in [0.25, 0.3) is 0 Å². The third-order valence-electron chi connectivity index (χ3n) is 4.72. The third-order valence-corrected chi connectivity index (χ3v) is 17.6. The number of fused-ring (bicyclic) bond motifs is 1. The number of hydrogen-bond donors (Lipinski definition) is 1. The molecule has 0 saturated heterocycles. The van der Waals surface area contributed by atoms with Crippen molar-refractivity contribution in [3.05, 3.63) is 62.6 Å². The second-order valence-corrected chi connectivity index (χ2v) is 37.4. The van der Waals surface area contributed by atoms with Crippen molar-refractivity contribution in [3.63, 3.8) is 0 Å². The van der Waals surface area contributed by atoms with Gasteiger partial charge in [0.2, 0.25) is 0 Å². The van der Waals surface area contributed by atoms with Gasteiger partial charge in [-0.25, -0.2) is 0 Å². The van der Waals surface area contributed by atoms with E-state index < -0.39 is 17.7 Å². The Kier molecular flexibility index (Phi) is 7.59. The van der Waals surface area contributed by atoms with Crippen LogP contribution in [0.2, 0.25) is 9.26 Å². The Morgan fingerprint density at radius 2 is 1.67 bits per heavy atom. The van der Waals surface area contributed by atoms with Crippen molar-refractivity contribution in [2.75, 3.05) is 4.90 Å². The van der Waals surface area contributed by atoms with Gasteiger partial charge in [-0.2, -0.15) is 0 Å². The second-order valence-electron chi connectivity index (χ2n) is 9.31. The van der Waals surface area contributed by atoms with E-state index in [0.29, 0.717) is 0 Å². The van der Waals surface area contributed by atoms with Crippen LogP contribution in [-0.2, 0) is 17.7 Å². The van der Waals surface area contributed by atoms with Gasteiger partial charge < -0.3 is 0 Å². The zero-order chi connectivity index (χ0) is 18.6. The van der Waals surface area contributed by atoms with E-state index in [1.807, 2.05) is 6.07 Å². The van der Waals surface area contributed by atoms with E-state index in [1.165, 1.54) is 16.8 Å². The Morgan fingerprint density at radius 1 is 1.11 bits per heavy atom. The molecular formula is C20H31Cl3N2SiZr. The van der Waals surface area contributed by atoms with Crippen LogP contribution >= 0.6 is 36.4 Å². The van der Waals surface area contributed by atoms with Crippen LogP contribution in [0.3, 0.4) is 0 Å². The normalized spacial score (nSPS) is 19.9. The largest absolute Gasteiger partial charge is 0.147 e. The number of halogens is 3. The van der Waals surface area contributed by atoms with E-state index in [1.54, 1.807) is 3.28 Å². The molecule has 1 aromatic rings. The van der Waals surface area contributed by atoms with E-state index in [9.17, 15) is 0 Å².